The summed E-state index contributed by atoms with van der Waals surface area (Å²) in [5.74, 6) is -2.30. The van der Waals surface area contributed by atoms with Gasteiger partial charge in [-0.05, 0) is 47.9 Å². The molecule has 9 heteroatoms. The maximum atomic E-state index is 14.4. The van der Waals surface area contributed by atoms with Crippen LogP contribution < -0.4 is 5.32 Å². The first-order valence-electron chi connectivity index (χ1n) is 11.8. The molecule has 3 heterocycles. The van der Waals surface area contributed by atoms with E-state index in [9.17, 15) is 18.4 Å². The van der Waals surface area contributed by atoms with Crippen molar-refractivity contribution in [3.63, 3.8) is 0 Å². The summed E-state index contributed by atoms with van der Waals surface area (Å²) in [7, 11) is 1.32. The third-order valence-corrected chi connectivity index (χ3v) is 7.73. The molecule has 2 atom stereocenters. The van der Waals surface area contributed by atoms with Gasteiger partial charge in [0.05, 0.1) is 18.9 Å². The summed E-state index contributed by atoms with van der Waals surface area (Å²) in [6.45, 7) is 0.363. The third-order valence-electron chi connectivity index (χ3n) is 7.50. The van der Waals surface area contributed by atoms with Crippen LogP contribution in [0.4, 0.5) is 14.5 Å². The van der Waals surface area contributed by atoms with E-state index in [1.807, 2.05) is 30.3 Å². The first-order chi connectivity index (χ1) is 17.8. The number of methoxy groups -OCH3 is 1. The number of carbonyl (C=O) groups is 2. The molecular weight excluding hydrogens is 500 g/mol. The Bertz CT molecular complexity index is 1590. The maximum Gasteiger partial charge on any atom is 0.354 e. The van der Waals surface area contributed by atoms with Crippen molar-refractivity contribution in [1.29, 1.82) is 0 Å². The zero-order valence-electron chi connectivity index (χ0n) is 19.8. The number of H-pyrrole nitrogens is 1. The predicted octanol–water partition coefficient (Wildman–Crippen LogP) is 5.40. The minimum Gasteiger partial charge on any atom is -0.464 e. The summed E-state index contributed by atoms with van der Waals surface area (Å²) in [4.78, 5) is 31.4. The van der Waals surface area contributed by atoms with Gasteiger partial charge in [0.2, 0.25) is 5.91 Å². The van der Waals surface area contributed by atoms with Gasteiger partial charge in [0.1, 0.15) is 23.5 Å². The number of aromatic amines is 1. The molecular formula is C28H22ClF2N3O3. The molecule has 2 aliphatic rings. The number of anilines is 1. The predicted molar refractivity (Wildman–Crippen MR) is 136 cm³/mol. The number of carbonyl (C=O) groups excluding carboxylic acids is 2. The second-order valence-electron chi connectivity index (χ2n) is 9.37. The zero-order chi connectivity index (χ0) is 25.9. The van der Waals surface area contributed by atoms with Gasteiger partial charge < -0.3 is 19.9 Å². The number of para-hydroxylation sites is 1. The zero-order valence-corrected chi connectivity index (χ0v) is 20.5. The van der Waals surface area contributed by atoms with Gasteiger partial charge in [0.25, 0.3) is 0 Å². The van der Waals surface area contributed by atoms with Crippen LogP contribution in [0.2, 0.25) is 5.02 Å². The Morgan fingerprint density at radius 2 is 1.95 bits per heavy atom. The standard InChI is InChI=1S/C28H22ClF2N3O3/c1-37-26(36)25-24(18-13-16(29)7-9-21(18)32-25)28-10-11-34(27(28)33-22-5-3-2-4-19(22)28)23(35)12-15-6-8-17(30)14-20(15)31/h2-9,13-14,27,32-33H,10-12H2,1H3. The van der Waals surface area contributed by atoms with Crippen LogP contribution in [0.1, 0.15) is 33.6 Å². The van der Waals surface area contributed by atoms with Crippen molar-refractivity contribution in [3.8, 4) is 0 Å². The summed E-state index contributed by atoms with van der Waals surface area (Å²) in [6, 6.07) is 16.3. The lowest BCUT2D eigenvalue weighted by molar-refractivity contribution is -0.131. The van der Waals surface area contributed by atoms with Crippen LogP contribution in [0.15, 0.2) is 60.7 Å². The highest BCUT2D eigenvalue weighted by Crippen LogP contribution is 2.55. The second-order valence-corrected chi connectivity index (χ2v) is 9.81. The Hall–Kier alpha value is -3.91. The highest BCUT2D eigenvalue weighted by Gasteiger charge is 2.58. The van der Waals surface area contributed by atoms with E-state index in [2.05, 4.69) is 10.3 Å². The lowest BCUT2D eigenvalue weighted by Gasteiger charge is -2.33. The molecule has 2 unspecified atom stereocenters. The highest BCUT2D eigenvalue weighted by molar-refractivity contribution is 6.31. The monoisotopic (exact) mass is 521 g/mol. The number of fused-ring (bicyclic) bond motifs is 4. The molecule has 2 aliphatic heterocycles. The normalized spacial score (nSPS) is 20.0. The summed E-state index contributed by atoms with van der Waals surface area (Å²) in [6.07, 6.45) is -0.273. The van der Waals surface area contributed by atoms with E-state index in [-0.39, 0.29) is 17.9 Å². The lowest BCUT2D eigenvalue weighted by atomic mass is 9.72. The molecule has 6 nitrogen and oxygen atoms in total. The molecule has 0 radical (unpaired) electrons. The molecule has 0 aliphatic carbocycles. The molecule has 0 spiro atoms. The molecule has 3 aromatic carbocycles. The smallest absolute Gasteiger partial charge is 0.354 e. The van der Waals surface area contributed by atoms with Crippen molar-refractivity contribution in [3.05, 3.63) is 99.7 Å². The van der Waals surface area contributed by atoms with E-state index < -0.39 is 29.2 Å². The van der Waals surface area contributed by atoms with Gasteiger partial charge in [-0.2, -0.15) is 0 Å². The van der Waals surface area contributed by atoms with Crippen molar-refractivity contribution in [2.24, 2.45) is 0 Å². The summed E-state index contributed by atoms with van der Waals surface area (Å²) < 4.78 is 32.9. The SMILES string of the molecule is COC(=O)c1[nH]c2ccc(Cl)cc2c1C12CCN(C(=O)Cc3ccc(F)cc3F)C1Nc1ccccc12. The van der Waals surface area contributed by atoms with E-state index in [0.29, 0.717) is 29.2 Å². The largest absolute Gasteiger partial charge is 0.464 e. The first-order valence-corrected chi connectivity index (χ1v) is 12.2. The number of esters is 1. The van der Waals surface area contributed by atoms with Crippen molar-refractivity contribution < 1.29 is 23.1 Å². The lowest BCUT2D eigenvalue weighted by Crippen LogP contribution is -2.47. The van der Waals surface area contributed by atoms with E-state index in [1.54, 1.807) is 17.0 Å². The molecule has 4 aromatic rings. The molecule has 2 N–H and O–H groups in total. The Kier molecular flexibility index (Phi) is 5.45. The van der Waals surface area contributed by atoms with Crippen molar-refractivity contribution in [1.82, 2.24) is 9.88 Å². The number of hydrogen-bond acceptors (Lipinski definition) is 4. The van der Waals surface area contributed by atoms with Crippen molar-refractivity contribution in [2.45, 2.75) is 24.4 Å². The van der Waals surface area contributed by atoms with Crippen molar-refractivity contribution in [2.75, 3.05) is 19.0 Å². The van der Waals surface area contributed by atoms with Gasteiger partial charge in [0, 0.05) is 39.8 Å². The molecule has 188 valence electrons. The molecule has 1 amide bonds. The van der Waals surface area contributed by atoms with Gasteiger partial charge in [-0.1, -0.05) is 35.9 Å². The number of aromatic nitrogens is 1. The van der Waals surface area contributed by atoms with Crippen LogP contribution in [0.25, 0.3) is 10.9 Å². The minimum atomic E-state index is -0.806. The van der Waals surface area contributed by atoms with Gasteiger partial charge in [-0.3, -0.25) is 4.79 Å². The Morgan fingerprint density at radius 1 is 1.14 bits per heavy atom. The quantitative estimate of drug-likeness (QED) is 0.353. The van der Waals surface area contributed by atoms with Gasteiger partial charge >= 0.3 is 5.97 Å². The van der Waals surface area contributed by atoms with Crippen LogP contribution in [0.5, 0.6) is 0 Å². The number of benzene rings is 3. The minimum absolute atomic E-state index is 0.119. The number of hydrogen-bond donors (Lipinski definition) is 2. The third kappa shape index (κ3) is 3.50. The molecule has 0 saturated carbocycles. The number of nitrogens with one attached hydrogen (secondary N) is 2. The first kappa shape index (κ1) is 23.5. The molecule has 1 aromatic heterocycles. The van der Waals surface area contributed by atoms with Gasteiger partial charge in [-0.25, -0.2) is 13.6 Å². The Balaban J connectivity index is 1.51. The van der Waals surface area contributed by atoms with E-state index in [1.165, 1.54) is 13.2 Å². The number of rotatable bonds is 4. The summed E-state index contributed by atoms with van der Waals surface area (Å²) in [5.41, 5.74) is 2.80. The van der Waals surface area contributed by atoms with E-state index >= 15 is 0 Å². The van der Waals surface area contributed by atoms with Gasteiger partial charge in [0.15, 0.2) is 0 Å². The second kappa shape index (κ2) is 8.59. The summed E-state index contributed by atoms with van der Waals surface area (Å²) >= 11 is 6.38. The van der Waals surface area contributed by atoms with Crippen LogP contribution in [0, 0.1) is 11.6 Å². The maximum absolute atomic E-state index is 14.4. The molecule has 0 bridgehead atoms. The highest BCUT2D eigenvalue weighted by atomic mass is 35.5. The van der Waals surface area contributed by atoms with E-state index in [0.717, 1.165) is 34.3 Å². The van der Waals surface area contributed by atoms with Crippen LogP contribution in [0.3, 0.4) is 0 Å². The van der Waals surface area contributed by atoms with Gasteiger partial charge in [-0.15, -0.1) is 0 Å². The van der Waals surface area contributed by atoms with Crippen LogP contribution in [-0.4, -0.2) is 41.6 Å². The van der Waals surface area contributed by atoms with Crippen LogP contribution in [-0.2, 0) is 21.4 Å². The topological polar surface area (TPSA) is 74.4 Å². The van der Waals surface area contributed by atoms with E-state index in [4.69, 9.17) is 16.3 Å². The fourth-order valence-corrected chi connectivity index (χ4v) is 6.11. The molecule has 1 saturated heterocycles. The average Bonchev–Trinajstić information content (AvgIpc) is 3.53. The molecule has 1 fully saturated rings. The number of ether oxygens (including phenoxy) is 1. The fourth-order valence-electron chi connectivity index (χ4n) is 5.93. The summed E-state index contributed by atoms with van der Waals surface area (Å²) in [5, 5.41) is 4.75. The Labute approximate surface area is 216 Å². The number of amides is 1. The fraction of sp³-hybridized carbons (Fsp3) is 0.214. The van der Waals surface area contributed by atoms with Crippen molar-refractivity contribution >= 4 is 40.1 Å². The number of halogens is 3. The molecule has 6 rings (SSSR count). The number of likely N-dealkylation sites (tertiary alicyclic amines) is 1. The average molecular weight is 522 g/mol. The molecule has 37 heavy (non-hydrogen) atoms. The van der Waals surface area contributed by atoms with Crippen LogP contribution >= 0.6 is 11.6 Å². The Morgan fingerprint density at radius 3 is 2.73 bits per heavy atom. The number of nitrogens with zero attached hydrogens (tertiary/aromatic N) is 1.